The van der Waals surface area contributed by atoms with Crippen molar-refractivity contribution in [1.82, 2.24) is 24.8 Å². The molecule has 2 aliphatic heterocycles. The number of fused-ring (bicyclic) bond motifs is 1. The SMILES string of the molecule is CC(C)N1CCc2nc(N3CCN(c4ncc(C(=O)C(C)(C)C)cn4)CC3)ncc2C1. The van der Waals surface area contributed by atoms with Crippen LogP contribution in [0.2, 0.25) is 0 Å². The van der Waals surface area contributed by atoms with Gasteiger partial charge in [-0.15, -0.1) is 0 Å². The van der Waals surface area contributed by atoms with Crippen LogP contribution in [-0.4, -0.2) is 69.4 Å². The zero-order chi connectivity index (χ0) is 22.2. The molecular weight excluding hydrogens is 390 g/mol. The predicted molar refractivity (Wildman–Crippen MR) is 122 cm³/mol. The lowest BCUT2D eigenvalue weighted by atomic mass is 9.88. The summed E-state index contributed by atoms with van der Waals surface area (Å²) in [5.74, 6) is 1.55. The van der Waals surface area contributed by atoms with Gasteiger partial charge in [0.05, 0.1) is 11.3 Å². The molecule has 0 aliphatic carbocycles. The molecule has 0 unspecified atom stereocenters. The maximum Gasteiger partial charge on any atom is 0.225 e. The van der Waals surface area contributed by atoms with Crippen molar-refractivity contribution in [2.24, 2.45) is 5.41 Å². The Hall–Kier alpha value is -2.61. The van der Waals surface area contributed by atoms with Crippen LogP contribution in [0.4, 0.5) is 11.9 Å². The smallest absolute Gasteiger partial charge is 0.225 e. The van der Waals surface area contributed by atoms with Gasteiger partial charge < -0.3 is 9.80 Å². The highest BCUT2D eigenvalue weighted by molar-refractivity contribution is 5.99. The first-order valence-electron chi connectivity index (χ1n) is 11.2. The van der Waals surface area contributed by atoms with Crippen molar-refractivity contribution in [2.75, 3.05) is 42.5 Å². The van der Waals surface area contributed by atoms with E-state index >= 15 is 0 Å². The maximum absolute atomic E-state index is 12.4. The van der Waals surface area contributed by atoms with Crippen LogP contribution in [-0.2, 0) is 13.0 Å². The average Bonchev–Trinajstić information content (AvgIpc) is 2.77. The van der Waals surface area contributed by atoms with Crippen LogP contribution in [0.1, 0.15) is 56.2 Å². The van der Waals surface area contributed by atoms with Crippen molar-refractivity contribution in [3.63, 3.8) is 0 Å². The van der Waals surface area contributed by atoms with Crippen LogP contribution >= 0.6 is 0 Å². The number of ketones is 1. The molecule has 1 fully saturated rings. The zero-order valence-electron chi connectivity index (χ0n) is 19.3. The van der Waals surface area contributed by atoms with Crippen molar-refractivity contribution in [3.8, 4) is 0 Å². The first-order valence-corrected chi connectivity index (χ1v) is 11.2. The molecule has 4 heterocycles. The minimum absolute atomic E-state index is 0.0601. The monoisotopic (exact) mass is 423 g/mol. The molecule has 2 aliphatic rings. The fourth-order valence-corrected chi connectivity index (χ4v) is 4.06. The molecule has 1 saturated heterocycles. The molecule has 0 bridgehead atoms. The summed E-state index contributed by atoms with van der Waals surface area (Å²) in [5, 5.41) is 0. The standard InChI is InChI=1S/C23H33N7O/c1-16(2)30-7-6-19-18(15-30)14-26-22(27-19)29-10-8-28(9-11-29)21-24-12-17(13-25-21)20(31)23(3,4)5/h12-14,16H,6-11,15H2,1-5H3. The molecule has 0 amide bonds. The minimum atomic E-state index is -0.432. The molecule has 8 nitrogen and oxygen atoms in total. The van der Waals surface area contributed by atoms with Crippen LogP contribution in [0.5, 0.6) is 0 Å². The summed E-state index contributed by atoms with van der Waals surface area (Å²) in [6.07, 6.45) is 6.29. The van der Waals surface area contributed by atoms with Gasteiger partial charge in [-0.05, 0) is 13.8 Å². The topological polar surface area (TPSA) is 78.4 Å². The summed E-state index contributed by atoms with van der Waals surface area (Å²) in [6, 6.07) is 0.545. The van der Waals surface area contributed by atoms with E-state index in [4.69, 9.17) is 4.98 Å². The second-order valence-electron chi connectivity index (χ2n) is 9.78. The van der Waals surface area contributed by atoms with E-state index in [1.165, 1.54) is 11.3 Å². The summed E-state index contributed by atoms with van der Waals surface area (Å²) in [7, 11) is 0. The Morgan fingerprint density at radius 3 is 2.06 bits per heavy atom. The number of nitrogens with zero attached hydrogens (tertiary/aromatic N) is 7. The molecule has 2 aromatic rings. The lowest BCUT2D eigenvalue weighted by molar-refractivity contribution is 0.0857. The average molecular weight is 424 g/mol. The van der Waals surface area contributed by atoms with Crippen molar-refractivity contribution in [2.45, 2.75) is 53.6 Å². The number of carbonyl (C=O) groups excluding carboxylic acids is 1. The molecule has 4 rings (SSSR count). The molecule has 0 spiro atoms. The second kappa shape index (κ2) is 8.49. The van der Waals surface area contributed by atoms with Crippen molar-refractivity contribution < 1.29 is 4.79 Å². The number of Topliss-reactive ketones (excluding diaryl/α,β-unsaturated/α-hetero) is 1. The van der Waals surface area contributed by atoms with Gasteiger partial charge in [0.1, 0.15) is 0 Å². The lowest BCUT2D eigenvalue weighted by Crippen LogP contribution is -2.48. The fraction of sp³-hybridized carbons (Fsp3) is 0.609. The summed E-state index contributed by atoms with van der Waals surface area (Å²) in [6.45, 7) is 15.4. The molecule has 2 aromatic heterocycles. The van der Waals surface area contributed by atoms with Crippen molar-refractivity contribution in [3.05, 3.63) is 35.4 Å². The van der Waals surface area contributed by atoms with Gasteiger partial charge in [0.15, 0.2) is 5.78 Å². The number of hydrogen-bond donors (Lipinski definition) is 0. The quantitative estimate of drug-likeness (QED) is 0.695. The third kappa shape index (κ3) is 4.69. The Morgan fingerprint density at radius 1 is 0.903 bits per heavy atom. The Kier molecular flexibility index (Phi) is 5.92. The van der Waals surface area contributed by atoms with Crippen LogP contribution in [0.3, 0.4) is 0 Å². The van der Waals surface area contributed by atoms with E-state index < -0.39 is 5.41 Å². The summed E-state index contributed by atoms with van der Waals surface area (Å²) in [4.78, 5) is 37.7. The van der Waals surface area contributed by atoms with Gasteiger partial charge in [-0.1, -0.05) is 20.8 Å². The summed E-state index contributed by atoms with van der Waals surface area (Å²) >= 11 is 0. The number of piperazine rings is 1. The van der Waals surface area contributed by atoms with Gasteiger partial charge in [-0.25, -0.2) is 19.9 Å². The van der Waals surface area contributed by atoms with E-state index in [0.717, 1.165) is 51.6 Å². The summed E-state index contributed by atoms with van der Waals surface area (Å²) in [5.41, 5.74) is 2.57. The van der Waals surface area contributed by atoms with E-state index in [1.807, 2.05) is 27.0 Å². The van der Waals surface area contributed by atoms with Crippen molar-refractivity contribution >= 4 is 17.7 Å². The van der Waals surface area contributed by atoms with E-state index in [0.29, 0.717) is 17.6 Å². The number of aromatic nitrogens is 4. The van der Waals surface area contributed by atoms with Crippen LogP contribution in [0.15, 0.2) is 18.6 Å². The highest BCUT2D eigenvalue weighted by atomic mass is 16.1. The normalized spacial score (nSPS) is 17.7. The molecule has 0 aromatic carbocycles. The van der Waals surface area contributed by atoms with Gasteiger partial charge in [-0.3, -0.25) is 9.69 Å². The van der Waals surface area contributed by atoms with E-state index in [1.54, 1.807) is 12.4 Å². The van der Waals surface area contributed by atoms with Gasteiger partial charge in [0, 0.05) is 81.3 Å². The number of anilines is 2. The molecular formula is C23H33N7O. The Morgan fingerprint density at radius 2 is 1.48 bits per heavy atom. The molecule has 0 atom stereocenters. The van der Waals surface area contributed by atoms with Crippen LogP contribution in [0.25, 0.3) is 0 Å². The lowest BCUT2D eigenvalue weighted by Gasteiger charge is -2.35. The largest absolute Gasteiger partial charge is 0.337 e. The van der Waals surface area contributed by atoms with E-state index in [2.05, 4.69) is 43.5 Å². The van der Waals surface area contributed by atoms with Crippen LogP contribution < -0.4 is 9.80 Å². The molecule has 0 saturated carbocycles. The van der Waals surface area contributed by atoms with Gasteiger partial charge >= 0.3 is 0 Å². The fourth-order valence-electron chi connectivity index (χ4n) is 4.06. The molecule has 0 radical (unpaired) electrons. The third-order valence-electron chi connectivity index (χ3n) is 6.11. The van der Waals surface area contributed by atoms with Crippen molar-refractivity contribution in [1.29, 1.82) is 0 Å². The Balaban J connectivity index is 1.38. The van der Waals surface area contributed by atoms with E-state index in [-0.39, 0.29) is 5.78 Å². The maximum atomic E-state index is 12.4. The Labute approximate surface area is 184 Å². The molecule has 31 heavy (non-hydrogen) atoms. The molecule has 0 N–H and O–H groups in total. The number of hydrogen-bond acceptors (Lipinski definition) is 8. The minimum Gasteiger partial charge on any atom is -0.337 e. The Bertz CT molecular complexity index is 928. The first kappa shape index (κ1) is 21.6. The third-order valence-corrected chi connectivity index (χ3v) is 6.11. The number of carbonyl (C=O) groups is 1. The second-order valence-corrected chi connectivity index (χ2v) is 9.78. The summed E-state index contributed by atoms with van der Waals surface area (Å²) < 4.78 is 0. The van der Waals surface area contributed by atoms with Crippen LogP contribution in [0, 0.1) is 5.41 Å². The first-order chi connectivity index (χ1) is 14.7. The van der Waals surface area contributed by atoms with E-state index in [9.17, 15) is 4.79 Å². The highest BCUT2D eigenvalue weighted by Crippen LogP contribution is 2.23. The van der Waals surface area contributed by atoms with Gasteiger partial charge in [0.25, 0.3) is 0 Å². The molecule has 8 heteroatoms. The zero-order valence-corrected chi connectivity index (χ0v) is 19.3. The number of rotatable bonds is 4. The predicted octanol–water partition coefficient (Wildman–Crippen LogP) is 2.59. The highest BCUT2D eigenvalue weighted by Gasteiger charge is 2.26. The van der Waals surface area contributed by atoms with Gasteiger partial charge in [-0.2, -0.15) is 0 Å². The molecule has 166 valence electrons. The van der Waals surface area contributed by atoms with Gasteiger partial charge in [0.2, 0.25) is 11.9 Å².